The Bertz CT molecular complexity index is 506. The van der Waals surface area contributed by atoms with Gasteiger partial charge in [0.25, 0.3) is 0 Å². The maximum absolute atomic E-state index is 11.9. The lowest BCUT2D eigenvalue weighted by Gasteiger charge is -2.07. The zero-order chi connectivity index (χ0) is 13.9. The summed E-state index contributed by atoms with van der Waals surface area (Å²) in [7, 11) is -3.27. The van der Waals surface area contributed by atoms with E-state index in [9.17, 15) is 8.42 Å². The van der Waals surface area contributed by atoms with Crippen molar-refractivity contribution in [3.8, 4) is 0 Å². The summed E-state index contributed by atoms with van der Waals surface area (Å²) in [6, 6.07) is 0.848. The molecule has 0 aliphatic heterocycles. The summed E-state index contributed by atoms with van der Waals surface area (Å²) in [5.41, 5.74) is 0.531. The van der Waals surface area contributed by atoms with E-state index in [2.05, 4.69) is 15.1 Å². The smallest absolute Gasteiger partial charge is 0.232 e. The lowest BCUT2D eigenvalue weighted by molar-refractivity contribution is 0.532. The van der Waals surface area contributed by atoms with Crippen LogP contribution in [0, 0.1) is 0 Å². The van der Waals surface area contributed by atoms with E-state index in [1.165, 1.54) is 12.8 Å². The van der Waals surface area contributed by atoms with Crippen LogP contribution in [-0.4, -0.2) is 36.5 Å². The van der Waals surface area contributed by atoms with Gasteiger partial charge >= 0.3 is 0 Å². The number of nitrogens with one attached hydrogen (secondary N) is 2. The van der Waals surface area contributed by atoms with Gasteiger partial charge in [0.15, 0.2) is 0 Å². The Balaban J connectivity index is 1.77. The molecule has 1 aliphatic carbocycles. The zero-order valence-electron chi connectivity index (χ0n) is 11.5. The van der Waals surface area contributed by atoms with Crippen molar-refractivity contribution in [2.75, 3.05) is 17.0 Å². The number of hydrogen-bond donors (Lipinski definition) is 2. The predicted octanol–water partition coefficient (Wildman–Crippen LogP) is 1.35. The fourth-order valence-corrected chi connectivity index (χ4v) is 2.85. The molecule has 2 N–H and O–H groups in total. The maximum atomic E-state index is 11.9. The third kappa shape index (κ3) is 4.83. The molecule has 19 heavy (non-hydrogen) atoms. The Morgan fingerprint density at radius 2 is 2.21 bits per heavy atom. The minimum absolute atomic E-state index is 0.138. The average molecular weight is 286 g/mol. The minimum atomic E-state index is -3.27. The molecule has 0 bridgehead atoms. The summed E-state index contributed by atoms with van der Waals surface area (Å²) in [5.74, 6) is 0.138. The van der Waals surface area contributed by atoms with Crippen LogP contribution in [0.3, 0.4) is 0 Å². The molecular weight excluding hydrogens is 264 g/mol. The minimum Gasteiger partial charge on any atom is -0.314 e. The van der Waals surface area contributed by atoms with E-state index in [0.29, 0.717) is 18.2 Å². The van der Waals surface area contributed by atoms with Crippen LogP contribution >= 0.6 is 0 Å². The molecule has 7 heteroatoms. The summed E-state index contributed by atoms with van der Waals surface area (Å²) in [6.45, 7) is 4.75. The lowest BCUT2D eigenvalue weighted by Crippen LogP contribution is -2.23. The van der Waals surface area contributed by atoms with Gasteiger partial charge in [-0.25, -0.2) is 8.42 Å². The molecule has 0 aromatic carbocycles. The second-order valence-electron chi connectivity index (χ2n) is 5.31. The molecule has 1 heterocycles. The third-order valence-electron chi connectivity index (χ3n) is 3.00. The first-order valence-electron chi connectivity index (χ1n) is 6.74. The van der Waals surface area contributed by atoms with Crippen molar-refractivity contribution < 1.29 is 8.42 Å². The first kappa shape index (κ1) is 14.3. The molecule has 0 saturated heterocycles. The second-order valence-corrected chi connectivity index (χ2v) is 7.15. The molecule has 0 amide bonds. The van der Waals surface area contributed by atoms with E-state index in [1.54, 1.807) is 17.1 Å². The molecule has 1 saturated carbocycles. The van der Waals surface area contributed by atoms with Crippen LogP contribution in [0.4, 0.5) is 5.69 Å². The van der Waals surface area contributed by atoms with Crippen LogP contribution in [0.5, 0.6) is 0 Å². The standard InChI is InChI=1S/C12H22N4O2S/c1-10(2)16-9-12(8-14-16)15-19(17,18)7-3-6-13-11-4-5-11/h8-11,13,15H,3-7H2,1-2H3. The van der Waals surface area contributed by atoms with Crippen molar-refractivity contribution in [2.45, 2.75) is 45.2 Å². The number of anilines is 1. The Morgan fingerprint density at radius 1 is 1.47 bits per heavy atom. The number of aromatic nitrogens is 2. The van der Waals surface area contributed by atoms with E-state index < -0.39 is 10.0 Å². The molecule has 0 radical (unpaired) electrons. The second kappa shape index (κ2) is 5.92. The van der Waals surface area contributed by atoms with Gasteiger partial charge in [0.1, 0.15) is 0 Å². The largest absolute Gasteiger partial charge is 0.314 e. The number of nitrogens with zero attached hydrogens (tertiary/aromatic N) is 2. The molecule has 1 aromatic heterocycles. The van der Waals surface area contributed by atoms with Crippen molar-refractivity contribution in [2.24, 2.45) is 0 Å². The van der Waals surface area contributed by atoms with Crippen molar-refractivity contribution >= 4 is 15.7 Å². The van der Waals surface area contributed by atoms with Gasteiger partial charge in [0, 0.05) is 18.3 Å². The Hall–Kier alpha value is -1.08. The van der Waals surface area contributed by atoms with Gasteiger partial charge in [-0.05, 0) is 39.7 Å². The van der Waals surface area contributed by atoms with Crippen molar-refractivity contribution in [3.63, 3.8) is 0 Å². The van der Waals surface area contributed by atoms with Crippen LogP contribution in [-0.2, 0) is 10.0 Å². The van der Waals surface area contributed by atoms with E-state index in [4.69, 9.17) is 0 Å². The molecule has 0 atom stereocenters. The molecule has 6 nitrogen and oxygen atoms in total. The fourth-order valence-electron chi connectivity index (χ4n) is 1.76. The van der Waals surface area contributed by atoms with Gasteiger partial charge in [-0.3, -0.25) is 9.40 Å². The van der Waals surface area contributed by atoms with Gasteiger partial charge in [-0.15, -0.1) is 0 Å². The van der Waals surface area contributed by atoms with Gasteiger partial charge in [0.05, 0.1) is 17.6 Å². The van der Waals surface area contributed by atoms with Crippen molar-refractivity contribution in [3.05, 3.63) is 12.4 Å². The van der Waals surface area contributed by atoms with Gasteiger partial charge < -0.3 is 5.32 Å². The molecule has 0 unspecified atom stereocenters. The summed E-state index contributed by atoms with van der Waals surface area (Å²) in [4.78, 5) is 0. The lowest BCUT2D eigenvalue weighted by atomic mass is 10.4. The molecular formula is C12H22N4O2S. The highest BCUT2D eigenvalue weighted by molar-refractivity contribution is 7.92. The highest BCUT2D eigenvalue weighted by Crippen LogP contribution is 2.18. The van der Waals surface area contributed by atoms with E-state index in [1.807, 2.05) is 13.8 Å². The summed E-state index contributed by atoms with van der Waals surface area (Å²) in [5, 5.41) is 7.41. The van der Waals surface area contributed by atoms with E-state index in [0.717, 1.165) is 6.54 Å². The first-order valence-corrected chi connectivity index (χ1v) is 8.39. The quantitative estimate of drug-likeness (QED) is 0.707. The SMILES string of the molecule is CC(C)n1cc(NS(=O)(=O)CCCNC2CC2)cn1. The highest BCUT2D eigenvalue weighted by Gasteiger charge is 2.20. The number of sulfonamides is 1. The van der Waals surface area contributed by atoms with Crippen LogP contribution in [0.2, 0.25) is 0 Å². The topological polar surface area (TPSA) is 76.0 Å². The molecule has 2 rings (SSSR count). The van der Waals surface area contributed by atoms with Gasteiger partial charge in [0.2, 0.25) is 10.0 Å². The van der Waals surface area contributed by atoms with Crippen LogP contribution in [0.1, 0.15) is 39.2 Å². The zero-order valence-corrected chi connectivity index (χ0v) is 12.3. The van der Waals surface area contributed by atoms with Crippen molar-refractivity contribution in [1.82, 2.24) is 15.1 Å². The normalized spacial score (nSPS) is 15.9. The van der Waals surface area contributed by atoms with Crippen LogP contribution in [0.25, 0.3) is 0 Å². The third-order valence-corrected chi connectivity index (χ3v) is 4.38. The maximum Gasteiger partial charge on any atom is 0.232 e. The number of rotatable bonds is 8. The van der Waals surface area contributed by atoms with Crippen LogP contribution < -0.4 is 10.0 Å². The fraction of sp³-hybridized carbons (Fsp3) is 0.750. The summed E-state index contributed by atoms with van der Waals surface area (Å²) < 4.78 is 28.0. The molecule has 1 fully saturated rings. The molecule has 1 aromatic rings. The molecule has 108 valence electrons. The molecule has 0 spiro atoms. The van der Waals surface area contributed by atoms with E-state index >= 15 is 0 Å². The summed E-state index contributed by atoms with van der Waals surface area (Å²) >= 11 is 0. The van der Waals surface area contributed by atoms with Crippen molar-refractivity contribution in [1.29, 1.82) is 0 Å². The Kier molecular flexibility index (Phi) is 4.46. The number of hydrogen-bond acceptors (Lipinski definition) is 4. The van der Waals surface area contributed by atoms with Crippen LogP contribution in [0.15, 0.2) is 12.4 Å². The first-order chi connectivity index (χ1) is 8.96. The van der Waals surface area contributed by atoms with E-state index in [-0.39, 0.29) is 11.8 Å². The monoisotopic (exact) mass is 286 g/mol. The predicted molar refractivity (Wildman–Crippen MR) is 75.7 cm³/mol. The summed E-state index contributed by atoms with van der Waals surface area (Å²) in [6.07, 6.45) is 6.33. The highest BCUT2D eigenvalue weighted by atomic mass is 32.2. The molecule has 1 aliphatic rings. The Labute approximate surface area is 114 Å². The van der Waals surface area contributed by atoms with Gasteiger partial charge in [-0.1, -0.05) is 0 Å². The van der Waals surface area contributed by atoms with Gasteiger partial charge in [-0.2, -0.15) is 5.10 Å². The Morgan fingerprint density at radius 3 is 2.79 bits per heavy atom. The average Bonchev–Trinajstić information content (AvgIpc) is 3.03.